The zero-order chi connectivity index (χ0) is 19.2. The number of thiol groups is 3. The molecule has 0 spiro atoms. The molecule has 0 saturated carbocycles. The van der Waals surface area contributed by atoms with Crippen molar-refractivity contribution in [1.82, 2.24) is 17.9 Å². The second-order valence-electron chi connectivity index (χ2n) is 4.44. The molecule has 0 N–H and O–H groups in total. The Bertz CT molecular complexity index is 256. The molecule has 10 heteroatoms. The van der Waals surface area contributed by atoms with Crippen LogP contribution in [0.1, 0.15) is 41.5 Å². The first-order chi connectivity index (χ1) is 11.4. The van der Waals surface area contributed by atoms with Crippen LogP contribution < -0.4 is 0 Å². The number of hydrogen-bond acceptors (Lipinski definition) is 7. The molecule has 1 aromatic heterocycles. The third-order valence-corrected chi connectivity index (χ3v) is 4.45. The molecule has 1 aromatic rings. The first-order valence-electron chi connectivity index (χ1n) is 8.59. The molecule has 0 radical (unpaired) electrons. The third-order valence-electron chi connectivity index (χ3n) is 2.76. The van der Waals surface area contributed by atoms with Gasteiger partial charge in [0.05, 0.1) is 0 Å². The molecule has 1 rings (SSSR count). The van der Waals surface area contributed by atoms with E-state index >= 15 is 0 Å². The molecule has 0 aliphatic carbocycles. The van der Waals surface area contributed by atoms with Crippen molar-refractivity contribution in [3.8, 4) is 0 Å². The second-order valence-corrected chi connectivity index (χ2v) is 6.14. The van der Waals surface area contributed by atoms with Gasteiger partial charge in [-0.3, -0.25) is 32.0 Å². The lowest BCUT2D eigenvalue weighted by molar-refractivity contribution is 0.532. The largest absolute Gasteiger partial charge is 0.269 e. The number of pyridine rings is 1. The summed E-state index contributed by atoms with van der Waals surface area (Å²) >= 11 is 12.2. The summed E-state index contributed by atoms with van der Waals surface area (Å²) in [5.41, 5.74) is 0. The molecule has 0 unspecified atom stereocenters. The first kappa shape index (κ1) is 41.3. The molecule has 168 valence electrons. The predicted octanol–water partition coefficient (Wildman–Crippen LogP) is 5.06. The third kappa shape index (κ3) is 46.2. The van der Waals surface area contributed by atoms with Gasteiger partial charge < -0.3 is 0 Å². The van der Waals surface area contributed by atoms with Crippen molar-refractivity contribution >= 4 is 38.4 Å². The van der Waals surface area contributed by atoms with E-state index in [0.717, 1.165) is 39.3 Å². The number of aromatic nitrogens is 1. The lowest BCUT2D eigenvalue weighted by Crippen LogP contribution is -2.08. The molecule has 0 aliphatic rings. The molecule has 4 nitrogen and oxygen atoms in total. The molecule has 0 bridgehead atoms. The minimum atomic E-state index is 0. The molecular weight excluding hydrogens is 413 g/mol. The highest BCUT2D eigenvalue weighted by atomic mass is 32.1. The summed E-state index contributed by atoms with van der Waals surface area (Å²) in [5.74, 6) is 0. The lowest BCUT2D eigenvalue weighted by atomic mass is 10.5. The van der Waals surface area contributed by atoms with Crippen LogP contribution >= 0.6 is 38.4 Å². The summed E-state index contributed by atoms with van der Waals surface area (Å²) in [6.45, 7) is 18.6. The van der Waals surface area contributed by atoms with Gasteiger partial charge in [-0.25, -0.2) is 0 Å². The Morgan fingerprint density at radius 2 is 0.741 bits per heavy atom. The van der Waals surface area contributed by atoms with E-state index in [0.29, 0.717) is 0 Å². The number of nitrogens with zero attached hydrogens (tertiary/aromatic N) is 4. The van der Waals surface area contributed by atoms with E-state index in [1.807, 2.05) is 31.1 Å². The molecule has 0 fully saturated rings. The minimum absolute atomic E-state index is 0. The van der Waals surface area contributed by atoms with Gasteiger partial charge in [0.1, 0.15) is 0 Å². The first-order valence-corrected chi connectivity index (χ1v) is 9.79. The van der Waals surface area contributed by atoms with E-state index < -0.39 is 0 Å². The Balaban J connectivity index is -0.0000000525. The standard InChI is InChI=1S/C5H5N.3C4H11NS.3FH/c1-2-4-6-5-3-1;3*1-3-5(6)4-2;;;/h1-5H;3*6H,3-4H2,1-2H3;3*1H. The van der Waals surface area contributed by atoms with E-state index in [1.54, 1.807) is 12.4 Å². The van der Waals surface area contributed by atoms with Crippen LogP contribution in [0.25, 0.3) is 0 Å². The lowest BCUT2D eigenvalue weighted by Gasteiger charge is -2.05. The Kier molecular flexibility index (Phi) is 56.2. The summed E-state index contributed by atoms with van der Waals surface area (Å²) in [5, 5.41) is 0. The van der Waals surface area contributed by atoms with Crippen molar-refractivity contribution in [3.63, 3.8) is 0 Å². The monoisotopic (exact) mass is 454 g/mol. The van der Waals surface area contributed by atoms with E-state index in [2.05, 4.69) is 85.0 Å². The molecule has 0 atom stereocenters. The number of halogens is 3. The van der Waals surface area contributed by atoms with Crippen LogP contribution in [-0.4, -0.2) is 57.2 Å². The molecule has 0 amide bonds. The maximum atomic E-state index is 4.06. The van der Waals surface area contributed by atoms with Gasteiger partial charge in [0.2, 0.25) is 0 Å². The molecule has 1 heterocycles. The van der Waals surface area contributed by atoms with Crippen LogP contribution in [0.15, 0.2) is 30.6 Å². The maximum absolute atomic E-state index is 4.06. The smallest absolute Gasteiger partial charge is 0.0267 e. The molecule has 0 aliphatic heterocycles. The molecule has 27 heavy (non-hydrogen) atoms. The summed E-state index contributed by atoms with van der Waals surface area (Å²) in [4.78, 5) is 3.78. The molecule has 0 aromatic carbocycles. The zero-order valence-electron chi connectivity index (χ0n) is 17.5. The van der Waals surface area contributed by atoms with Crippen molar-refractivity contribution in [3.05, 3.63) is 30.6 Å². The Labute approximate surface area is 181 Å². The van der Waals surface area contributed by atoms with Gasteiger partial charge in [0, 0.05) is 51.7 Å². The Hall–Kier alpha value is -0.130. The van der Waals surface area contributed by atoms with Crippen molar-refractivity contribution in [1.29, 1.82) is 0 Å². The van der Waals surface area contributed by atoms with E-state index in [4.69, 9.17) is 0 Å². The van der Waals surface area contributed by atoms with Crippen LogP contribution in [0.5, 0.6) is 0 Å². The van der Waals surface area contributed by atoms with Crippen LogP contribution in [0.2, 0.25) is 0 Å². The van der Waals surface area contributed by atoms with Crippen molar-refractivity contribution in [2.45, 2.75) is 41.5 Å². The van der Waals surface area contributed by atoms with Crippen molar-refractivity contribution < 1.29 is 14.1 Å². The van der Waals surface area contributed by atoms with Crippen LogP contribution in [0, 0.1) is 0 Å². The summed E-state index contributed by atoms with van der Waals surface area (Å²) < 4.78 is 5.83. The highest BCUT2D eigenvalue weighted by molar-refractivity contribution is 7.78. The topological polar surface area (TPSA) is 22.6 Å². The fourth-order valence-corrected chi connectivity index (χ4v) is 0.983. The number of hydrogen-bond donors (Lipinski definition) is 3. The normalized spacial score (nSPS) is 8.44. The van der Waals surface area contributed by atoms with Gasteiger partial charge in [0.25, 0.3) is 0 Å². The van der Waals surface area contributed by atoms with Gasteiger partial charge >= 0.3 is 0 Å². The predicted molar refractivity (Wildman–Crippen MR) is 127 cm³/mol. The highest BCUT2D eigenvalue weighted by Crippen LogP contribution is 1.87. The van der Waals surface area contributed by atoms with Gasteiger partial charge in [-0.2, -0.15) is 0 Å². The summed E-state index contributed by atoms with van der Waals surface area (Å²) in [6.07, 6.45) is 3.50. The summed E-state index contributed by atoms with van der Waals surface area (Å²) in [7, 11) is 0. The van der Waals surface area contributed by atoms with Gasteiger partial charge in [-0.05, 0) is 12.1 Å². The van der Waals surface area contributed by atoms with Gasteiger partial charge in [0.15, 0.2) is 0 Å². The quantitative estimate of drug-likeness (QED) is 0.523. The zero-order valence-corrected chi connectivity index (χ0v) is 20.2. The van der Waals surface area contributed by atoms with Crippen LogP contribution in [0.4, 0.5) is 14.1 Å². The van der Waals surface area contributed by atoms with E-state index in [-0.39, 0.29) is 14.1 Å². The van der Waals surface area contributed by atoms with Gasteiger partial charge in [-0.15, -0.1) is 0 Å². The number of rotatable bonds is 6. The average Bonchev–Trinajstić information content (AvgIpc) is 2.68. The summed E-state index contributed by atoms with van der Waals surface area (Å²) in [6, 6.07) is 5.72. The van der Waals surface area contributed by atoms with Crippen LogP contribution in [-0.2, 0) is 0 Å². The average molecular weight is 455 g/mol. The van der Waals surface area contributed by atoms with Crippen molar-refractivity contribution in [2.75, 3.05) is 39.3 Å². The molecular formula is C17H41F3N4S3. The second kappa shape index (κ2) is 36.7. The Morgan fingerprint density at radius 3 is 0.778 bits per heavy atom. The van der Waals surface area contributed by atoms with Crippen molar-refractivity contribution in [2.24, 2.45) is 0 Å². The van der Waals surface area contributed by atoms with E-state index in [9.17, 15) is 0 Å². The van der Waals surface area contributed by atoms with Gasteiger partial charge in [-0.1, -0.05) is 86.1 Å². The molecule has 0 saturated heterocycles. The minimum Gasteiger partial charge on any atom is -0.269 e. The fourth-order valence-electron chi connectivity index (χ4n) is 0.983. The Morgan fingerprint density at radius 1 is 0.519 bits per heavy atom. The maximum Gasteiger partial charge on any atom is 0.0267 e. The fraction of sp³-hybridized carbons (Fsp3) is 0.706. The highest BCUT2D eigenvalue weighted by Gasteiger charge is 1.84. The van der Waals surface area contributed by atoms with E-state index in [1.165, 1.54) is 0 Å². The SMILES string of the molecule is CCN(S)CC.CCN(S)CC.CCN(S)CC.F.F.F.c1ccncc1. The van der Waals surface area contributed by atoms with Crippen LogP contribution in [0.3, 0.4) is 0 Å².